The summed E-state index contributed by atoms with van der Waals surface area (Å²) in [7, 11) is 0. The van der Waals surface area contributed by atoms with Crippen molar-refractivity contribution in [1.82, 2.24) is 0 Å². The van der Waals surface area contributed by atoms with Crippen molar-refractivity contribution in [2.75, 3.05) is 0 Å². The monoisotopic (exact) mass is 472 g/mol. The van der Waals surface area contributed by atoms with Gasteiger partial charge in [-0.15, -0.1) is 0 Å². The number of halogens is 2. The Hall–Kier alpha value is -0.617. The van der Waals surface area contributed by atoms with E-state index in [1.807, 2.05) is 0 Å². The summed E-state index contributed by atoms with van der Waals surface area (Å²) >= 11 is -0.647. The molecule has 27 heavy (non-hydrogen) atoms. The van der Waals surface area contributed by atoms with Gasteiger partial charge in [-0.05, 0) is 0 Å². The topological polar surface area (TPSA) is 0 Å². The van der Waals surface area contributed by atoms with E-state index in [0.717, 1.165) is 7.25 Å². The van der Waals surface area contributed by atoms with Crippen molar-refractivity contribution in [2.24, 2.45) is 0 Å². The zero-order chi connectivity index (χ0) is 17.1. The largest absolute Gasteiger partial charge is 1.00 e. The van der Waals surface area contributed by atoms with Crippen molar-refractivity contribution < 1.29 is 48.0 Å². The van der Waals surface area contributed by atoms with Crippen molar-refractivity contribution in [2.45, 2.75) is 47.3 Å². The van der Waals surface area contributed by atoms with Crippen molar-refractivity contribution in [3.63, 3.8) is 0 Å². The van der Waals surface area contributed by atoms with Crippen LogP contribution in [0, 0.1) is 20.8 Å². The van der Waals surface area contributed by atoms with Gasteiger partial charge in [0.25, 0.3) is 0 Å². The van der Waals surface area contributed by atoms with E-state index < -0.39 is 23.2 Å². The first-order chi connectivity index (χ1) is 12.1. The number of fused-ring (bicyclic) bond motifs is 2. The van der Waals surface area contributed by atoms with Crippen LogP contribution < -0.4 is 24.8 Å². The second kappa shape index (κ2) is 8.02. The smallest absolute Gasteiger partial charge is 1.00 e. The molecule has 2 bridgehead atoms. The molecular formula is C24H24Cl2Zr. The van der Waals surface area contributed by atoms with Crippen LogP contribution in [0.1, 0.15) is 64.6 Å². The third-order valence-corrected chi connectivity index (χ3v) is 10.8. The molecule has 0 spiro atoms. The van der Waals surface area contributed by atoms with E-state index in [1.54, 1.807) is 27.8 Å². The molecule has 3 heteroatoms. The normalized spacial score (nSPS) is 20.8. The Morgan fingerprint density at radius 1 is 0.815 bits per heavy atom. The predicted molar refractivity (Wildman–Crippen MR) is 103 cm³/mol. The Bertz CT molecular complexity index is 955. The summed E-state index contributed by atoms with van der Waals surface area (Å²) in [6.07, 6.45) is 11.5. The van der Waals surface area contributed by atoms with E-state index in [1.165, 1.54) is 41.5 Å². The van der Waals surface area contributed by atoms with Gasteiger partial charge in [-0.2, -0.15) is 0 Å². The van der Waals surface area contributed by atoms with Crippen LogP contribution in [0.2, 0.25) is 0 Å². The fraction of sp³-hybridized carbons (Fsp3) is 0.333. The summed E-state index contributed by atoms with van der Waals surface area (Å²) in [6.45, 7) is 6.87. The molecule has 3 aliphatic carbocycles. The molecule has 0 saturated carbocycles. The number of hydrogen-bond acceptors (Lipinski definition) is 0. The van der Waals surface area contributed by atoms with Crippen molar-refractivity contribution in [1.29, 1.82) is 0 Å². The van der Waals surface area contributed by atoms with Crippen molar-refractivity contribution in [3.05, 3.63) is 80.4 Å². The summed E-state index contributed by atoms with van der Waals surface area (Å²) in [5.74, 6) is 0. The number of rotatable bonds is 2. The number of benzene rings is 2. The maximum Gasteiger partial charge on any atom is -1.00 e. The van der Waals surface area contributed by atoms with Crippen molar-refractivity contribution in [3.8, 4) is 0 Å². The first-order valence-electron chi connectivity index (χ1n) is 9.50. The van der Waals surface area contributed by atoms with Gasteiger partial charge in [-0.3, -0.25) is 0 Å². The van der Waals surface area contributed by atoms with Gasteiger partial charge in [-0.25, -0.2) is 0 Å². The fourth-order valence-electron chi connectivity index (χ4n) is 4.98. The predicted octanol–water partition coefficient (Wildman–Crippen LogP) is 0.245. The molecule has 2 unspecified atom stereocenters. The second-order valence-electron chi connectivity index (χ2n) is 7.90. The molecule has 2 atom stereocenters. The van der Waals surface area contributed by atoms with Gasteiger partial charge >= 0.3 is 163 Å². The van der Waals surface area contributed by atoms with Crippen LogP contribution >= 0.6 is 0 Å². The van der Waals surface area contributed by atoms with E-state index in [-0.39, 0.29) is 24.8 Å². The quantitative estimate of drug-likeness (QED) is 0.586. The minimum atomic E-state index is -0.647. The van der Waals surface area contributed by atoms with Crippen LogP contribution in [0.5, 0.6) is 0 Å². The SMILES string of the molecule is Cc1ccc(C)c2c1C=C[CH]2[Zr+2][CH]1C2=Cc3c(C)ccc(c31)CCC2.[Cl-].[Cl-]. The Kier molecular flexibility index (Phi) is 6.27. The first-order valence-corrected chi connectivity index (χ1v) is 12.3. The molecule has 0 fully saturated rings. The second-order valence-corrected chi connectivity index (χ2v) is 11.7. The van der Waals surface area contributed by atoms with Crippen LogP contribution in [-0.2, 0) is 29.7 Å². The van der Waals surface area contributed by atoms with Gasteiger partial charge in [0, 0.05) is 0 Å². The Labute approximate surface area is 186 Å². The van der Waals surface area contributed by atoms with E-state index in [9.17, 15) is 0 Å². The molecule has 5 rings (SSSR count). The minimum absolute atomic E-state index is 0. The Morgan fingerprint density at radius 2 is 1.52 bits per heavy atom. The molecule has 2 aromatic rings. The molecule has 3 aliphatic rings. The van der Waals surface area contributed by atoms with E-state index in [2.05, 4.69) is 63.3 Å². The van der Waals surface area contributed by atoms with Gasteiger partial charge in [0.1, 0.15) is 0 Å². The maximum absolute atomic E-state index is 2.57. The molecule has 0 aliphatic heterocycles. The molecule has 0 heterocycles. The van der Waals surface area contributed by atoms with Crippen LogP contribution in [0.15, 0.2) is 35.9 Å². The van der Waals surface area contributed by atoms with Gasteiger partial charge < -0.3 is 24.8 Å². The van der Waals surface area contributed by atoms with Gasteiger partial charge in [0.05, 0.1) is 0 Å². The van der Waals surface area contributed by atoms with E-state index >= 15 is 0 Å². The molecule has 0 aromatic heterocycles. The van der Waals surface area contributed by atoms with Crippen LogP contribution in [0.4, 0.5) is 0 Å². The van der Waals surface area contributed by atoms with E-state index in [0.29, 0.717) is 0 Å². The third kappa shape index (κ3) is 3.35. The van der Waals surface area contributed by atoms with Crippen LogP contribution in [0.3, 0.4) is 0 Å². The minimum Gasteiger partial charge on any atom is -1.00 e. The van der Waals surface area contributed by atoms with Crippen LogP contribution in [-0.4, -0.2) is 0 Å². The summed E-state index contributed by atoms with van der Waals surface area (Å²) in [6, 6.07) is 9.40. The summed E-state index contributed by atoms with van der Waals surface area (Å²) in [5.41, 5.74) is 14.4. The number of allylic oxidation sites excluding steroid dienone is 2. The van der Waals surface area contributed by atoms with Crippen LogP contribution in [0.25, 0.3) is 12.2 Å². The van der Waals surface area contributed by atoms with E-state index in [4.69, 9.17) is 0 Å². The molecule has 0 N–H and O–H groups in total. The van der Waals surface area contributed by atoms with Gasteiger partial charge in [0.15, 0.2) is 0 Å². The molecule has 138 valence electrons. The summed E-state index contributed by atoms with van der Waals surface area (Å²) in [4.78, 5) is 0. The summed E-state index contributed by atoms with van der Waals surface area (Å²) in [5, 5.41) is 0. The molecular weight excluding hydrogens is 450 g/mol. The molecule has 0 nitrogen and oxygen atoms in total. The third-order valence-electron chi connectivity index (χ3n) is 6.33. The number of aryl methyl sites for hydroxylation is 4. The first kappa shape index (κ1) is 21.1. The Balaban J connectivity index is 0.00000105. The molecule has 0 amide bonds. The molecule has 0 radical (unpaired) electrons. The fourth-order valence-corrected chi connectivity index (χ4v) is 10.1. The zero-order valence-electron chi connectivity index (χ0n) is 16.1. The average molecular weight is 475 g/mol. The molecule has 2 aromatic carbocycles. The summed E-state index contributed by atoms with van der Waals surface area (Å²) < 4.78 is 1.54. The standard InChI is InChI=1S/C13H13.C11H11.2ClH.Zr/c1-9-5-6-11-4-2-3-10-7-12(9)13(11)8-10;1-8-6-7-9(2)11-5-3-4-10(8)11;;;/h5-8H,2-4H2,1H3;3-7H,1-2H3;2*1H;/q;;;;+2/p-2. The van der Waals surface area contributed by atoms with Crippen molar-refractivity contribution >= 4 is 12.2 Å². The van der Waals surface area contributed by atoms with Gasteiger partial charge in [-0.1, -0.05) is 0 Å². The zero-order valence-corrected chi connectivity index (χ0v) is 20.0. The Morgan fingerprint density at radius 3 is 2.33 bits per heavy atom. The van der Waals surface area contributed by atoms with Gasteiger partial charge in [0.2, 0.25) is 0 Å². The number of hydrogen-bond donors (Lipinski definition) is 0. The molecule has 0 saturated heterocycles. The maximum atomic E-state index is 2.57. The average Bonchev–Trinajstić information content (AvgIpc) is 3.12.